The molecule has 2 rings (SSSR count). The SMILES string of the molecule is COc1ncccc1CNC(=O)NC[C@H](O)COc1cccc(F)c1. The Kier molecular flexibility index (Phi) is 6.97. The molecule has 1 heterocycles. The molecule has 0 aliphatic heterocycles. The predicted molar refractivity (Wildman–Crippen MR) is 88.9 cm³/mol. The van der Waals surface area contributed by atoms with Gasteiger partial charge in [-0.15, -0.1) is 0 Å². The van der Waals surface area contributed by atoms with E-state index < -0.39 is 18.0 Å². The Balaban J connectivity index is 1.68. The average Bonchev–Trinajstić information content (AvgIpc) is 2.63. The van der Waals surface area contributed by atoms with Crippen LogP contribution in [0.5, 0.6) is 11.6 Å². The molecule has 0 spiro atoms. The van der Waals surface area contributed by atoms with Crippen LogP contribution < -0.4 is 20.1 Å². The van der Waals surface area contributed by atoms with Gasteiger partial charge in [0, 0.05) is 30.9 Å². The molecule has 0 saturated heterocycles. The van der Waals surface area contributed by atoms with Crippen molar-refractivity contribution in [3.8, 4) is 11.6 Å². The fourth-order valence-electron chi connectivity index (χ4n) is 2.00. The smallest absolute Gasteiger partial charge is 0.315 e. The third-order valence-corrected chi connectivity index (χ3v) is 3.22. The summed E-state index contributed by atoms with van der Waals surface area (Å²) in [5.74, 6) is 0.328. The van der Waals surface area contributed by atoms with Gasteiger partial charge in [-0.25, -0.2) is 14.2 Å². The number of pyridine rings is 1. The number of ether oxygens (including phenoxy) is 2. The average molecular weight is 349 g/mol. The van der Waals surface area contributed by atoms with Crippen LogP contribution in [0, 0.1) is 5.82 Å². The van der Waals surface area contributed by atoms with Crippen molar-refractivity contribution in [3.63, 3.8) is 0 Å². The summed E-state index contributed by atoms with van der Waals surface area (Å²) in [6.07, 6.45) is 0.666. The first kappa shape index (κ1) is 18.5. The maximum Gasteiger partial charge on any atom is 0.315 e. The Morgan fingerprint density at radius 1 is 1.32 bits per heavy atom. The van der Waals surface area contributed by atoms with Crippen LogP contribution in [-0.4, -0.2) is 42.5 Å². The van der Waals surface area contributed by atoms with Crippen LogP contribution in [-0.2, 0) is 6.54 Å². The number of benzene rings is 1. The van der Waals surface area contributed by atoms with Gasteiger partial charge in [-0.05, 0) is 18.2 Å². The number of amides is 2. The van der Waals surface area contributed by atoms with Gasteiger partial charge in [0.1, 0.15) is 24.3 Å². The highest BCUT2D eigenvalue weighted by molar-refractivity contribution is 5.73. The Morgan fingerprint density at radius 3 is 2.92 bits per heavy atom. The van der Waals surface area contributed by atoms with Gasteiger partial charge in [-0.1, -0.05) is 12.1 Å². The lowest BCUT2D eigenvalue weighted by Gasteiger charge is -2.14. The summed E-state index contributed by atoms with van der Waals surface area (Å²) in [6.45, 7) is 0.157. The number of rotatable bonds is 8. The Hall–Kier alpha value is -2.87. The second kappa shape index (κ2) is 9.43. The van der Waals surface area contributed by atoms with E-state index in [9.17, 15) is 14.3 Å². The number of carbonyl (C=O) groups is 1. The lowest BCUT2D eigenvalue weighted by Crippen LogP contribution is -2.41. The highest BCUT2D eigenvalue weighted by Crippen LogP contribution is 2.13. The number of hydrogen-bond donors (Lipinski definition) is 3. The third kappa shape index (κ3) is 6.27. The number of halogens is 1. The van der Waals surface area contributed by atoms with E-state index in [0.717, 1.165) is 5.56 Å². The number of urea groups is 1. The zero-order valence-corrected chi connectivity index (χ0v) is 13.7. The van der Waals surface area contributed by atoms with E-state index in [4.69, 9.17) is 9.47 Å². The Bertz CT molecular complexity index is 699. The van der Waals surface area contributed by atoms with E-state index in [0.29, 0.717) is 11.6 Å². The minimum Gasteiger partial charge on any atom is -0.491 e. The first-order valence-electron chi connectivity index (χ1n) is 7.64. The quantitative estimate of drug-likeness (QED) is 0.671. The summed E-state index contributed by atoms with van der Waals surface area (Å²) in [6, 6.07) is 8.68. The molecule has 0 aliphatic rings. The summed E-state index contributed by atoms with van der Waals surface area (Å²) in [5.41, 5.74) is 0.732. The zero-order valence-electron chi connectivity index (χ0n) is 13.7. The van der Waals surface area contributed by atoms with Crippen LogP contribution in [0.1, 0.15) is 5.56 Å². The molecule has 1 aromatic carbocycles. The number of hydrogen-bond acceptors (Lipinski definition) is 5. The second-order valence-electron chi connectivity index (χ2n) is 5.16. The van der Waals surface area contributed by atoms with Crippen LogP contribution in [0.15, 0.2) is 42.6 Å². The van der Waals surface area contributed by atoms with E-state index in [2.05, 4.69) is 15.6 Å². The summed E-state index contributed by atoms with van der Waals surface area (Å²) < 4.78 is 23.3. The van der Waals surface area contributed by atoms with Crippen molar-refractivity contribution in [2.45, 2.75) is 12.6 Å². The summed E-state index contributed by atoms with van der Waals surface area (Å²) >= 11 is 0. The zero-order chi connectivity index (χ0) is 18.1. The van der Waals surface area contributed by atoms with E-state index >= 15 is 0 Å². The fraction of sp³-hybridized carbons (Fsp3) is 0.294. The molecule has 8 heteroatoms. The van der Waals surface area contributed by atoms with Gasteiger partial charge in [-0.2, -0.15) is 0 Å². The molecule has 3 N–H and O–H groups in total. The van der Waals surface area contributed by atoms with Crippen molar-refractivity contribution >= 4 is 6.03 Å². The molecule has 0 bridgehead atoms. The first-order chi connectivity index (χ1) is 12.1. The molecule has 0 radical (unpaired) electrons. The number of aliphatic hydroxyl groups excluding tert-OH is 1. The molecular weight excluding hydrogens is 329 g/mol. The predicted octanol–water partition coefficient (Wildman–Crippen LogP) is 1.47. The van der Waals surface area contributed by atoms with Crippen molar-refractivity contribution in [3.05, 3.63) is 54.0 Å². The summed E-state index contributed by atoms with van der Waals surface area (Å²) in [4.78, 5) is 15.8. The molecule has 0 aliphatic carbocycles. The number of nitrogens with one attached hydrogen (secondary N) is 2. The second-order valence-corrected chi connectivity index (χ2v) is 5.16. The molecule has 134 valence electrons. The Labute approximate surface area is 144 Å². The topological polar surface area (TPSA) is 92.7 Å². The molecule has 7 nitrogen and oxygen atoms in total. The molecular formula is C17H20FN3O4. The molecule has 0 fully saturated rings. The van der Waals surface area contributed by atoms with Crippen molar-refractivity contribution < 1.29 is 23.8 Å². The van der Waals surface area contributed by atoms with Crippen molar-refractivity contribution in [2.24, 2.45) is 0 Å². The maximum absolute atomic E-state index is 13.0. The molecule has 0 unspecified atom stereocenters. The van der Waals surface area contributed by atoms with Gasteiger partial charge in [0.05, 0.1) is 7.11 Å². The third-order valence-electron chi connectivity index (χ3n) is 3.22. The van der Waals surface area contributed by atoms with Crippen LogP contribution in [0.2, 0.25) is 0 Å². The highest BCUT2D eigenvalue weighted by atomic mass is 19.1. The van der Waals surface area contributed by atoms with E-state index in [-0.39, 0.29) is 19.7 Å². The molecule has 1 atom stereocenters. The Morgan fingerprint density at radius 2 is 2.16 bits per heavy atom. The molecule has 0 saturated carbocycles. The summed E-state index contributed by atoms with van der Waals surface area (Å²) in [7, 11) is 1.50. The minimum atomic E-state index is -0.929. The van der Waals surface area contributed by atoms with Gasteiger partial charge in [-0.3, -0.25) is 0 Å². The number of aromatic nitrogens is 1. The van der Waals surface area contributed by atoms with Gasteiger partial charge in [0.15, 0.2) is 0 Å². The lowest BCUT2D eigenvalue weighted by molar-refractivity contribution is 0.107. The van der Waals surface area contributed by atoms with E-state index in [1.54, 1.807) is 24.4 Å². The van der Waals surface area contributed by atoms with Crippen LogP contribution in [0.3, 0.4) is 0 Å². The standard InChI is InChI=1S/C17H20FN3O4/c1-24-16-12(4-3-7-19-16)9-20-17(23)21-10-14(22)11-25-15-6-2-5-13(18)8-15/h2-8,14,22H,9-11H2,1H3,(H2,20,21,23)/t14-/m0/s1. The normalized spacial score (nSPS) is 11.5. The maximum atomic E-state index is 13.0. The van der Waals surface area contributed by atoms with E-state index in [1.807, 2.05) is 0 Å². The van der Waals surface area contributed by atoms with Gasteiger partial charge in [0.2, 0.25) is 5.88 Å². The van der Waals surface area contributed by atoms with Crippen LogP contribution in [0.4, 0.5) is 9.18 Å². The van der Waals surface area contributed by atoms with Gasteiger partial charge in [0.25, 0.3) is 0 Å². The number of methoxy groups -OCH3 is 1. The van der Waals surface area contributed by atoms with Crippen molar-refractivity contribution in [1.29, 1.82) is 0 Å². The molecule has 25 heavy (non-hydrogen) atoms. The van der Waals surface area contributed by atoms with Crippen LogP contribution in [0.25, 0.3) is 0 Å². The lowest BCUT2D eigenvalue weighted by atomic mass is 10.2. The van der Waals surface area contributed by atoms with Crippen LogP contribution >= 0.6 is 0 Å². The van der Waals surface area contributed by atoms with Gasteiger partial charge < -0.3 is 25.2 Å². The number of aliphatic hydroxyl groups is 1. The van der Waals surface area contributed by atoms with Crippen molar-refractivity contribution in [1.82, 2.24) is 15.6 Å². The molecule has 2 aromatic rings. The summed E-state index contributed by atoms with van der Waals surface area (Å²) in [5, 5.41) is 15.0. The monoisotopic (exact) mass is 349 g/mol. The van der Waals surface area contributed by atoms with Gasteiger partial charge >= 0.3 is 6.03 Å². The molecule has 1 aromatic heterocycles. The van der Waals surface area contributed by atoms with E-state index in [1.165, 1.54) is 25.3 Å². The van der Waals surface area contributed by atoms with Crippen molar-refractivity contribution in [2.75, 3.05) is 20.3 Å². The first-order valence-corrected chi connectivity index (χ1v) is 7.64. The highest BCUT2D eigenvalue weighted by Gasteiger charge is 2.09. The number of nitrogens with zero attached hydrogens (tertiary/aromatic N) is 1. The largest absolute Gasteiger partial charge is 0.491 e. The fourth-order valence-corrected chi connectivity index (χ4v) is 2.00. The minimum absolute atomic E-state index is 0.00861. The number of carbonyl (C=O) groups excluding carboxylic acids is 1. The molecule has 2 amide bonds.